The lowest BCUT2D eigenvalue weighted by atomic mass is 10.2. The number of hydrogen-bond donors (Lipinski definition) is 1. The normalized spacial score (nSPS) is 12.3. The molecule has 1 atom stereocenters. The van der Waals surface area contributed by atoms with E-state index in [1.54, 1.807) is 12.1 Å². The summed E-state index contributed by atoms with van der Waals surface area (Å²) in [5, 5.41) is 9.90. The Labute approximate surface area is 120 Å². The summed E-state index contributed by atoms with van der Waals surface area (Å²) in [7, 11) is 0. The molecule has 0 spiro atoms. The van der Waals surface area contributed by atoms with Crippen LogP contribution in [0.3, 0.4) is 0 Å². The van der Waals surface area contributed by atoms with Crippen molar-refractivity contribution in [3.05, 3.63) is 35.6 Å². The summed E-state index contributed by atoms with van der Waals surface area (Å²) in [5.74, 6) is 2.13. The first-order valence-electron chi connectivity index (χ1n) is 6.81. The fourth-order valence-electron chi connectivity index (χ4n) is 2.00. The lowest BCUT2D eigenvalue weighted by Gasteiger charge is -2.24. The molecular formula is C16H22FNO2. The van der Waals surface area contributed by atoms with E-state index < -0.39 is 6.10 Å². The lowest BCUT2D eigenvalue weighted by Crippen LogP contribution is -2.35. The molecule has 1 N–H and O–H groups in total. The van der Waals surface area contributed by atoms with Gasteiger partial charge < -0.3 is 9.84 Å². The van der Waals surface area contributed by atoms with Crippen LogP contribution in [0.2, 0.25) is 0 Å². The van der Waals surface area contributed by atoms with Crippen molar-refractivity contribution in [1.82, 2.24) is 4.90 Å². The maximum absolute atomic E-state index is 12.9. The third-order valence-corrected chi connectivity index (χ3v) is 2.82. The smallest absolute Gasteiger partial charge is 0.123 e. The zero-order valence-corrected chi connectivity index (χ0v) is 11.9. The molecule has 0 aromatic heterocycles. The summed E-state index contributed by atoms with van der Waals surface area (Å²) >= 11 is 0. The van der Waals surface area contributed by atoms with Crippen molar-refractivity contribution in [2.45, 2.75) is 26.0 Å². The van der Waals surface area contributed by atoms with Crippen molar-refractivity contribution < 1.29 is 14.2 Å². The van der Waals surface area contributed by atoms with Gasteiger partial charge in [-0.25, -0.2) is 4.39 Å². The van der Waals surface area contributed by atoms with Gasteiger partial charge in [-0.05, 0) is 30.7 Å². The van der Waals surface area contributed by atoms with Gasteiger partial charge in [-0.15, -0.1) is 6.42 Å². The van der Waals surface area contributed by atoms with Crippen LogP contribution in [0.25, 0.3) is 0 Å². The van der Waals surface area contributed by atoms with E-state index in [2.05, 4.69) is 17.7 Å². The third kappa shape index (κ3) is 6.67. The van der Waals surface area contributed by atoms with Gasteiger partial charge in [0.2, 0.25) is 0 Å². The molecule has 0 radical (unpaired) electrons. The summed E-state index contributed by atoms with van der Waals surface area (Å²) in [6, 6.07) is 6.43. The van der Waals surface area contributed by atoms with Crippen LogP contribution in [0.5, 0.6) is 0 Å². The predicted molar refractivity (Wildman–Crippen MR) is 77.6 cm³/mol. The molecule has 1 rings (SSSR count). The number of aliphatic hydroxyl groups is 1. The molecule has 4 heteroatoms. The molecule has 0 heterocycles. The van der Waals surface area contributed by atoms with Gasteiger partial charge in [-0.2, -0.15) is 0 Å². The first-order chi connectivity index (χ1) is 9.65. The van der Waals surface area contributed by atoms with E-state index >= 15 is 0 Å². The van der Waals surface area contributed by atoms with Crippen LogP contribution in [-0.2, 0) is 11.3 Å². The predicted octanol–water partition coefficient (Wildman–Crippen LogP) is 2.05. The minimum absolute atomic E-state index is 0.211. The first-order valence-corrected chi connectivity index (χ1v) is 6.81. The number of aliphatic hydroxyl groups excluding tert-OH is 1. The van der Waals surface area contributed by atoms with Gasteiger partial charge >= 0.3 is 0 Å². The third-order valence-electron chi connectivity index (χ3n) is 2.82. The molecule has 1 aromatic rings. The summed E-state index contributed by atoms with van der Waals surface area (Å²) in [4.78, 5) is 2.12. The Hall–Kier alpha value is -1.41. The Morgan fingerprint density at radius 3 is 2.70 bits per heavy atom. The average molecular weight is 279 g/mol. The molecule has 20 heavy (non-hydrogen) atoms. The molecular weight excluding hydrogens is 257 g/mol. The molecule has 110 valence electrons. The van der Waals surface area contributed by atoms with Crippen LogP contribution in [-0.4, -0.2) is 42.4 Å². The minimum atomic E-state index is -0.574. The highest BCUT2D eigenvalue weighted by molar-refractivity contribution is 5.15. The van der Waals surface area contributed by atoms with Crippen molar-refractivity contribution in [2.24, 2.45) is 0 Å². The fourth-order valence-corrected chi connectivity index (χ4v) is 2.00. The number of ether oxygens (including phenoxy) is 1. The van der Waals surface area contributed by atoms with E-state index in [9.17, 15) is 9.50 Å². The van der Waals surface area contributed by atoms with E-state index in [-0.39, 0.29) is 19.0 Å². The molecule has 0 amide bonds. The van der Waals surface area contributed by atoms with Gasteiger partial charge in [0, 0.05) is 13.1 Å². The van der Waals surface area contributed by atoms with Crippen LogP contribution in [0, 0.1) is 18.2 Å². The van der Waals surface area contributed by atoms with Crippen molar-refractivity contribution in [3.63, 3.8) is 0 Å². The molecule has 0 aliphatic heterocycles. The van der Waals surface area contributed by atoms with Crippen LogP contribution in [0.4, 0.5) is 4.39 Å². The number of terminal acetylenes is 1. The highest BCUT2D eigenvalue weighted by Crippen LogP contribution is 2.08. The molecule has 0 aliphatic rings. The monoisotopic (exact) mass is 279 g/mol. The van der Waals surface area contributed by atoms with Crippen LogP contribution < -0.4 is 0 Å². The maximum atomic E-state index is 12.9. The van der Waals surface area contributed by atoms with Gasteiger partial charge in [0.05, 0.1) is 12.7 Å². The summed E-state index contributed by atoms with van der Waals surface area (Å²) in [5.41, 5.74) is 1.02. The Kier molecular flexibility index (Phi) is 7.89. The summed E-state index contributed by atoms with van der Waals surface area (Å²) in [6.07, 6.45) is 5.49. The first kappa shape index (κ1) is 16.6. The Balaban J connectivity index is 2.47. The minimum Gasteiger partial charge on any atom is -0.389 e. The van der Waals surface area contributed by atoms with Gasteiger partial charge in [0.25, 0.3) is 0 Å². The molecule has 0 bridgehead atoms. The number of hydrogen-bond acceptors (Lipinski definition) is 3. The highest BCUT2D eigenvalue weighted by atomic mass is 19.1. The number of rotatable bonds is 9. The second-order valence-corrected chi connectivity index (χ2v) is 4.73. The van der Waals surface area contributed by atoms with Gasteiger partial charge in [0.1, 0.15) is 12.4 Å². The average Bonchev–Trinajstić information content (AvgIpc) is 2.42. The quantitative estimate of drug-likeness (QED) is 0.555. The number of benzene rings is 1. The number of halogens is 1. The van der Waals surface area contributed by atoms with Crippen molar-refractivity contribution in [3.8, 4) is 12.3 Å². The Bertz CT molecular complexity index is 413. The standard InChI is InChI=1S/C16H22FNO2/c1-3-9-18(12-16(19)13-20-10-4-2)11-14-5-7-15(17)8-6-14/h2,5-8,16,19H,3,9-13H2,1H3. The molecule has 1 aromatic carbocycles. The van der Waals surface area contributed by atoms with Gasteiger partial charge in [-0.3, -0.25) is 4.90 Å². The van der Waals surface area contributed by atoms with E-state index in [0.717, 1.165) is 18.5 Å². The zero-order chi connectivity index (χ0) is 14.8. The topological polar surface area (TPSA) is 32.7 Å². The van der Waals surface area contributed by atoms with Crippen molar-refractivity contribution in [1.29, 1.82) is 0 Å². The zero-order valence-electron chi connectivity index (χ0n) is 11.9. The lowest BCUT2D eigenvalue weighted by molar-refractivity contribution is 0.0261. The fraction of sp³-hybridized carbons (Fsp3) is 0.500. The van der Waals surface area contributed by atoms with Crippen LogP contribution >= 0.6 is 0 Å². The SMILES string of the molecule is C#CCOCC(O)CN(CCC)Cc1ccc(F)cc1. The summed E-state index contributed by atoms with van der Waals surface area (Å²) in [6.45, 7) is 4.58. The van der Waals surface area contributed by atoms with E-state index in [1.165, 1.54) is 12.1 Å². The summed E-state index contributed by atoms with van der Waals surface area (Å²) < 4.78 is 18.0. The second kappa shape index (κ2) is 9.49. The molecule has 0 saturated heterocycles. The van der Waals surface area contributed by atoms with Crippen molar-refractivity contribution in [2.75, 3.05) is 26.3 Å². The van der Waals surface area contributed by atoms with Gasteiger partial charge in [-0.1, -0.05) is 25.0 Å². The second-order valence-electron chi connectivity index (χ2n) is 4.73. The molecule has 0 fully saturated rings. The van der Waals surface area contributed by atoms with Crippen LogP contribution in [0.15, 0.2) is 24.3 Å². The largest absolute Gasteiger partial charge is 0.389 e. The van der Waals surface area contributed by atoms with E-state index in [0.29, 0.717) is 13.1 Å². The molecule has 1 unspecified atom stereocenters. The maximum Gasteiger partial charge on any atom is 0.123 e. The number of nitrogens with zero attached hydrogens (tertiary/aromatic N) is 1. The Morgan fingerprint density at radius 2 is 2.10 bits per heavy atom. The van der Waals surface area contributed by atoms with E-state index in [1.807, 2.05) is 0 Å². The molecule has 0 saturated carbocycles. The molecule has 3 nitrogen and oxygen atoms in total. The van der Waals surface area contributed by atoms with E-state index in [4.69, 9.17) is 11.2 Å². The Morgan fingerprint density at radius 1 is 1.40 bits per heavy atom. The van der Waals surface area contributed by atoms with Gasteiger partial charge in [0.15, 0.2) is 0 Å². The highest BCUT2D eigenvalue weighted by Gasteiger charge is 2.12. The van der Waals surface area contributed by atoms with Crippen LogP contribution in [0.1, 0.15) is 18.9 Å². The van der Waals surface area contributed by atoms with Crippen molar-refractivity contribution >= 4 is 0 Å². The molecule has 0 aliphatic carbocycles.